The van der Waals surface area contributed by atoms with Crippen LogP contribution in [0.1, 0.15) is 23.7 Å². The van der Waals surface area contributed by atoms with Gasteiger partial charge in [0, 0.05) is 18.2 Å². The van der Waals surface area contributed by atoms with Gasteiger partial charge in [-0.2, -0.15) is 0 Å². The highest BCUT2D eigenvalue weighted by Gasteiger charge is 2.08. The maximum Gasteiger partial charge on any atom is 0.251 e. The second kappa shape index (κ2) is 7.37. The molecular weight excluding hydrogens is 230 g/mol. The van der Waals surface area contributed by atoms with E-state index in [1.54, 1.807) is 32.4 Å². The monoisotopic (exact) mass is 249 g/mol. The first-order chi connectivity index (χ1) is 8.71. The number of methoxy groups -OCH3 is 2. The topological polar surface area (TPSA) is 47.6 Å². The normalized spacial score (nSPS) is 10.4. The number of benzene rings is 1. The molecule has 0 fully saturated rings. The van der Waals surface area contributed by atoms with Crippen LogP contribution < -0.4 is 14.8 Å². The van der Waals surface area contributed by atoms with Crippen LogP contribution in [-0.4, -0.2) is 26.7 Å². The number of nitrogens with one attached hydrogen (secondary N) is 1. The molecule has 0 heterocycles. The Bertz CT molecular complexity index is 405. The fourth-order valence-corrected chi connectivity index (χ4v) is 1.48. The van der Waals surface area contributed by atoms with Crippen molar-refractivity contribution < 1.29 is 14.3 Å². The molecule has 1 aromatic carbocycles. The zero-order chi connectivity index (χ0) is 13.4. The number of carbonyl (C=O) groups excluding carboxylic acids is 1. The van der Waals surface area contributed by atoms with Gasteiger partial charge in [-0.15, -0.1) is 0 Å². The molecule has 1 rings (SSSR count). The highest BCUT2D eigenvalue weighted by Crippen LogP contribution is 2.22. The van der Waals surface area contributed by atoms with Gasteiger partial charge in [0.15, 0.2) is 0 Å². The first-order valence-electron chi connectivity index (χ1n) is 5.83. The van der Waals surface area contributed by atoms with Crippen LogP contribution in [-0.2, 0) is 0 Å². The van der Waals surface area contributed by atoms with Gasteiger partial charge in [0.05, 0.1) is 14.2 Å². The Morgan fingerprint density at radius 3 is 2.33 bits per heavy atom. The molecule has 0 atom stereocenters. The third-order valence-electron chi connectivity index (χ3n) is 2.45. The van der Waals surface area contributed by atoms with Crippen molar-refractivity contribution in [1.82, 2.24) is 5.32 Å². The van der Waals surface area contributed by atoms with E-state index in [9.17, 15) is 4.79 Å². The average molecular weight is 249 g/mol. The molecule has 0 radical (unpaired) electrons. The van der Waals surface area contributed by atoms with Crippen molar-refractivity contribution in [1.29, 1.82) is 0 Å². The Morgan fingerprint density at radius 1 is 1.22 bits per heavy atom. The van der Waals surface area contributed by atoms with Gasteiger partial charge in [0.25, 0.3) is 5.91 Å². The number of carbonyl (C=O) groups is 1. The van der Waals surface area contributed by atoms with E-state index >= 15 is 0 Å². The minimum absolute atomic E-state index is 0.128. The lowest BCUT2D eigenvalue weighted by Gasteiger charge is -2.08. The highest BCUT2D eigenvalue weighted by atomic mass is 16.5. The van der Waals surface area contributed by atoms with Crippen molar-refractivity contribution >= 4 is 5.91 Å². The number of rotatable bonds is 6. The maximum atomic E-state index is 11.9. The lowest BCUT2D eigenvalue weighted by atomic mass is 10.2. The zero-order valence-electron chi connectivity index (χ0n) is 11.0. The van der Waals surface area contributed by atoms with Gasteiger partial charge in [-0.25, -0.2) is 0 Å². The van der Waals surface area contributed by atoms with Crippen molar-refractivity contribution in [2.24, 2.45) is 0 Å². The molecule has 0 saturated heterocycles. The molecule has 0 aliphatic carbocycles. The van der Waals surface area contributed by atoms with Gasteiger partial charge in [-0.1, -0.05) is 12.2 Å². The minimum Gasteiger partial charge on any atom is -0.497 e. The van der Waals surface area contributed by atoms with Gasteiger partial charge >= 0.3 is 0 Å². The number of ether oxygens (including phenoxy) is 2. The number of allylic oxidation sites excluding steroid dienone is 1. The molecule has 0 unspecified atom stereocenters. The highest BCUT2D eigenvalue weighted by molar-refractivity contribution is 5.95. The van der Waals surface area contributed by atoms with Crippen LogP contribution in [0, 0.1) is 0 Å². The van der Waals surface area contributed by atoms with Gasteiger partial charge in [-0.3, -0.25) is 4.79 Å². The fraction of sp³-hybridized carbons (Fsp3) is 0.357. The molecule has 0 saturated carbocycles. The van der Waals surface area contributed by atoms with Crippen molar-refractivity contribution in [3.63, 3.8) is 0 Å². The molecular formula is C14H19NO3. The van der Waals surface area contributed by atoms with E-state index in [0.29, 0.717) is 23.6 Å². The minimum atomic E-state index is -0.128. The summed E-state index contributed by atoms with van der Waals surface area (Å²) in [7, 11) is 3.12. The summed E-state index contributed by atoms with van der Waals surface area (Å²) in [6.45, 7) is 2.57. The van der Waals surface area contributed by atoms with Crippen molar-refractivity contribution in [3.05, 3.63) is 35.9 Å². The number of hydrogen-bond donors (Lipinski definition) is 1. The van der Waals surface area contributed by atoms with E-state index in [1.807, 2.05) is 19.1 Å². The standard InChI is InChI=1S/C14H19NO3/c1-4-5-6-7-15-14(16)11-8-12(17-2)10-13(9-11)18-3/h4-5,8-10H,6-7H2,1-3H3,(H,15,16)/b5-4+. The summed E-state index contributed by atoms with van der Waals surface area (Å²) in [5.41, 5.74) is 0.534. The fourth-order valence-electron chi connectivity index (χ4n) is 1.48. The predicted octanol–water partition coefficient (Wildman–Crippen LogP) is 2.40. The molecule has 1 aromatic rings. The largest absolute Gasteiger partial charge is 0.497 e. The van der Waals surface area contributed by atoms with E-state index in [0.717, 1.165) is 6.42 Å². The smallest absolute Gasteiger partial charge is 0.251 e. The first kappa shape index (κ1) is 14.1. The molecule has 0 aliphatic rings. The van der Waals surface area contributed by atoms with Crippen molar-refractivity contribution in [2.75, 3.05) is 20.8 Å². The van der Waals surface area contributed by atoms with Gasteiger partial charge in [-0.05, 0) is 25.5 Å². The van der Waals surface area contributed by atoms with Gasteiger partial charge in [0.2, 0.25) is 0 Å². The molecule has 18 heavy (non-hydrogen) atoms. The third kappa shape index (κ3) is 4.13. The molecule has 1 N–H and O–H groups in total. The Kier molecular flexibility index (Phi) is 5.77. The number of amides is 1. The molecule has 0 bridgehead atoms. The predicted molar refractivity (Wildman–Crippen MR) is 71.3 cm³/mol. The summed E-state index contributed by atoms with van der Waals surface area (Å²) in [5.74, 6) is 1.08. The summed E-state index contributed by atoms with van der Waals surface area (Å²) in [4.78, 5) is 11.9. The van der Waals surface area contributed by atoms with E-state index in [4.69, 9.17) is 9.47 Å². The van der Waals surface area contributed by atoms with Crippen LogP contribution in [0.4, 0.5) is 0 Å². The van der Waals surface area contributed by atoms with E-state index < -0.39 is 0 Å². The van der Waals surface area contributed by atoms with Crippen LogP contribution >= 0.6 is 0 Å². The number of hydrogen-bond acceptors (Lipinski definition) is 3. The van der Waals surface area contributed by atoms with E-state index in [-0.39, 0.29) is 5.91 Å². The van der Waals surface area contributed by atoms with Crippen LogP contribution in [0.2, 0.25) is 0 Å². The van der Waals surface area contributed by atoms with E-state index in [2.05, 4.69) is 5.32 Å². The van der Waals surface area contributed by atoms with Crippen LogP contribution in [0.5, 0.6) is 11.5 Å². The Labute approximate surface area is 108 Å². The summed E-state index contributed by atoms with van der Waals surface area (Å²) >= 11 is 0. The Balaban J connectivity index is 2.72. The average Bonchev–Trinajstić information content (AvgIpc) is 2.42. The van der Waals surface area contributed by atoms with Gasteiger partial charge < -0.3 is 14.8 Å². The second-order valence-corrected chi connectivity index (χ2v) is 3.71. The van der Waals surface area contributed by atoms with Crippen molar-refractivity contribution in [2.45, 2.75) is 13.3 Å². The summed E-state index contributed by atoms with van der Waals surface area (Å²) in [6, 6.07) is 5.11. The second-order valence-electron chi connectivity index (χ2n) is 3.71. The maximum absolute atomic E-state index is 11.9. The SMILES string of the molecule is C/C=C/CCNC(=O)c1cc(OC)cc(OC)c1. The molecule has 4 nitrogen and oxygen atoms in total. The molecule has 0 aliphatic heterocycles. The van der Waals surface area contributed by atoms with Crippen LogP contribution in [0.3, 0.4) is 0 Å². The van der Waals surface area contributed by atoms with Crippen LogP contribution in [0.15, 0.2) is 30.4 Å². The van der Waals surface area contributed by atoms with Gasteiger partial charge in [0.1, 0.15) is 11.5 Å². The Hall–Kier alpha value is -1.97. The molecule has 0 spiro atoms. The lowest BCUT2D eigenvalue weighted by Crippen LogP contribution is -2.24. The Morgan fingerprint density at radius 2 is 1.83 bits per heavy atom. The molecule has 98 valence electrons. The molecule has 0 aromatic heterocycles. The summed E-state index contributed by atoms with van der Waals surface area (Å²) in [6.07, 6.45) is 4.79. The summed E-state index contributed by atoms with van der Waals surface area (Å²) < 4.78 is 10.2. The quantitative estimate of drug-likeness (QED) is 0.622. The van der Waals surface area contributed by atoms with Crippen LogP contribution in [0.25, 0.3) is 0 Å². The molecule has 4 heteroatoms. The molecule has 1 amide bonds. The lowest BCUT2D eigenvalue weighted by molar-refractivity contribution is 0.0953. The zero-order valence-corrected chi connectivity index (χ0v) is 11.0. The first-order valence-corrected chi connectivity index (χ1v) is 5.83. The van der Waals surface area contributed by atoms with E-state index in [1.165, 1.54) is 0 Å². The third-order valence-corrected chi connectivity index (χ3v) is 2.45. The summed E-state index contributed by atoms with van der Waals surface area (Å²) in [5, 5.41) is 2.84. The van der Waals surface area contributed by atoms with Crippen molar-refractivity contribution in [3.8, 4) is 11.5 Å².